The van der Waals surface area contributed by atoms with E-state index in [1.165, 1.54) is 0 Å². The van der Waals surface area contributed by atoms with Gasteiger partial charge in [0.15, 0.2) is 0 Å². The highest BCUT2D eigenvalue weighted by Crippen LogP contribution is 2.28. The first-order valence-electron chi connectivity index (χ1n) is 6.29. The van der Waals surface area contributed by atoms with Crippen molar-refractivity contribution in [3.05, 3.63) is 36.0 Å². The standard InChI is InChI=1S/C14H16N2O3/c17-8-10-5-9-3-1-2-4-11(9)14(15-10)16-6-12(18)13(19)7-16/h1-5,12-13,17-19H,6-8H2. The smallest absolute Gasteiger partial charge is 0.137 e. The highest BCUT2D eigenvalue weighted by molar-refractivity contribution is 5.92. The maximum Gasteiger partial charge on any atom is 0.137 e. The molecule has 1 aromatic carbocycles. The van der Waals surface area contributed by atoms with Crippen LogP contribution in [0.15, 0.2) is 30.3 Å². The minimum absolute atomic E-state index is 0.128. The molecule has 0 aliphatic carbocycles. The molecule has 1 aliphatic heterocycles. The van der Waals surface area contributed by atoms with E-state index in [1.807, 2.05) is 35.2 Å². The van der Waals surface area contributed by atoms with Gasteiger partial charge in [0.2, 0.25) is 0 Å². The molecule has 0 amide bonds. The molecule has 0 radical (unpaired) electrons. The van der Waals surface area contributed by atoms with Crippen LogP contribution in [0.3, 0.4) is 0 Å². The second kappa shape index (κ2) is 4.77. The molecule has 2 aromatic rings. The Kier molecular flexibility index (Phi) is 3.10. The second-order valence-corrected chi connectivity index (χ2v) is 4.86. The molecular formula is C14H16N2O3. The summed E-state index contributed by atoms with van der Waals surface area (Å²) in [5.41, 5.74) is 0.588. The molecule has 1 saturated heterocycles. The van der Waals surface area contributed by atoms with Crippen LogP contribution in [-0.2, 0) is 6.61 Å². The number of β-amino-alcohol motifs (C(OH)–C–C–N with tert-alkyl or cyclic N) is 2. The summed E-state index contributed by atoms with van der Waals surface area (Å²) in [5.74, 6) is 0.706. The van der Waals surface area contributed by atoms with E-state index in [0.717, 1.165) is 10.8 Å². The summed E-state index contributed by atoms with van der Waals surface area (Å²) >= 11 is 0. The maximum atomic E-state index is 9.66. The van der Waals surface area contributed by atoms with Crippen molar-refractivity contribution in [1.82, 2.24) is 4.98 Å². The number of benzene rings is 1. The summed E-state index contributed by atoms with van der Waals surface area (Å²) in [6, 6.07) is 9.62. The van der Waals surface area contributed by atoms with Crippen LogP contribution in [0.1, 0.15) is 5.69 Å². The number of nitrogens with zero attached hydrogens (tertiary/aromatic N) is 2. The Bertz CT molecular complexity index is 592. The lowest BCUT2D eigenvalue weighted by atomic mass is 10.1. The van der Waals surface area contributed by atoms with Crippen molar-refractivity contribution in [2.24, 2.45) is 0 Å². The fraction of sp³-hybridized carbons (Fsp3) is 0.357. The van der Waals surface area contributed by atoms with Gasteiger partial charge in [-0.1, -0.05) is 24.3 Å². The third-order valence-corrected chi connectivity index (χ3v) is 3.49. The van der Waals surface area contributed by atoms with Gasteiger partial charge in [-0.05, 0) is 11.5 Å². The Morgan fingerprint density at radius 3 is 2.53 bits per heavy atom. The maximum absolute atomic E-state index is 9.66. The first kappa shape index (κ1) is 12.3. The molecule has 0 spiro atoms. The second-order valence-electron chi connectivity index (χ2n) is 4.86. The fourth-order valence-corrected chi connectivity index (χ4v) is 2.50. The fourth-order valence-electron chi connectivity index (χ4n) is 2.50. The summed E-state index contributed by atoms with van der Waals surface area (Å²) in [5, 5.41) is 30.6. The van der Waals surface area contributed by atoms with E-state index in [0.29, 0.717) is 24.6 Å². The zero-order valence-electron chi connectivity index (χ0n) is 10.4. The van der Waals surface area contributed by atoms with Crippen molar-refractivity contribution < 1.29 is 15.3 Å². The highest BCUT2D eigenvalue weighted by Gasteiger charge is 2.31. The molecule has 19 heavy (non-hydrogen) atoms. The minimum Gasteiger partial charge on any atom is -0.390 e. The van der Waals surface area contributed by atoms with Crippen LogP contribution in [0.4, 0.5) is 5.82 Å². The van der Waals surface area contributed by atoms with Gasteiger partial charge in [-0.2, -0.15) is 0 Å². The van der Waals surface area contributed by atoms with Crippen molar-refractivity contribution in [1.29, 1.82) is 0 Å². The zero-order valence-corrected chi connectivity index (χ0v) is 10.4. The Labute approximate surface area is 110 Å². The number of hydrogen-bond donors (Lipinski definition) is 3. The number of hydrogen-bond acceptors (Lipinski definition) is 5. The number of aromatic nitrogens is 1. The van der Waals surface area contributed by atoms with Gasteiger partial charge in [0.25, 0.3) is 0 Å². The molecule has 5 heteroatoms. The monoisotopic (exact) mass is 260 g/mol. The third-order valence-electron chi connectivity index (χ3n) is 3.49. The van der Waals surface area contributed by atoms with Crippen molar-refractivity contribution in [2.75, 3.05) is 18.0 Å². The van der Waals surface area contributed by atoms with Crippen LogP contribution in [0, 0.1) is 0 Å². The molecule has 1 aromatic heterocycles. The average molecular weight is 260 g/mol. The predicted molar refractivity (Wildman–Crippen MR) is 71.9 cm³/mol. The largest absolute Gasteiger partial charge is 0.390 e. The summed E-state index contributed by atoms with van der Waals surface area (Å²) in [7, 11) is 0. The van der Waals surface area contributed by atoms with E-state index in [-0.39, 0.29) is 6.61 Å². The van der Waals surface area contributed by atoms with Crippen LogP contribution < -0.4 is 4.90 Å². The number of fused-ring (bicyclic) bond motifs is 1. The first-order chi connectivity index (χ1) is 9.19. The van der Waals surface area contributed by atoms with Crippen LogP contribution in [0.25, 0.3) is 10.8 Å². The molecule has 2 heterocycles. The van der Waals surface area contributed by atoms with E-state index >= 15 is 0 Å². The number of rotatable bonds is 2. The molecule has 5 nitrogen and oxygen atoms in total. The van der Waals surface area contributed by atoms with Gasteiger partial charge >= 0.3 is 0 Å². The molecule has 3 rings (SSSR count). The van der Waals surface area contributed by atoms with Gasteiger partial charge in [-0.15, -0.1) is 0 Å². The van der Waals surface area contributed by atoms with Gasteiger partial charge in [-0.25, -0.2) is 4.98 Å². The number of pyridine rings is 1. The van der Waals surface area contributed by atoms with E-state index in [1.54, 1.807) is 0 Å². The molecule has 1 fully saturated rings. The Hall–Kier alpha value is -1.69. The van der Waals surface area contributed by atoms with Gasteiger partial charge in [0.05, 0.1) is 24.5 Å². The quantitative estimate of drug-likeness (QED) is 0.722. The molecular weight excluding hydrogens is 244 g/mol. The highest BCUT2D eigenvalue weighted by atomic mass is 16.3. The molecule has 0 saturated carbocycles. The summed E-state index contributed by atoms with van der Waals surface area (Å²) in [6.07, 6.45) is -1.50. The third kappa shape index (κ3) is 2.16. The van der Waals surface area contributed by atoms with Crippen LogP contribution in [0.5, 0.6) is 0 Å². The van der Waals surface area contributed by atoms with Crippen molar-refractivity contribution in [2.45, 2.75) is 18.8 Å². The van der Waals surface area contributed by atoms with Crippen LogP contribution in [-0.4, -0.2) is 45.6 Å². The van der Waals surface area contributed by atoms with Crippen LogP contribution in [0.2, 0.25) is 0 Å². The van der Waals surface area contributed by atoms with Gasteiger partial charge in [0.1, 0.15) is 5.82 Å². The Morgan fingerprint density at radius 2 is 1.84 bits per heavy atom. The molecule has 100 valence electrons. The first-order valence-corrected chi connectivity index (χ1v) is 6.29. The van der Waals surface area contributed by atoms with E-state index in [9.17, 15) is 15.3 Å². The number of aliphatic hydroxyl groups excluding tert-OH is 3. The lowest BCUT2D eigenvalue weighted by Gasteiger charge is -2.19. The molecule has 0 bridgehead atoms. The number of aliphatic hydroxyl groups is 3. The van der Waals surface area contributed by atoms with Crippen LogP contribution >= 0.6 is 0 Å². The SMILES string of the molecule is OCc1cc2ccccc2c(N2CC(O)C(O)C2)n1. The zero-order chi connectivity index (χ0) is 13.4. The molecule has 2 atom stereocenters. The van der Waals surface area contributed by atoms with Crippen molar-refractivity contribution in [3.8, 4) is 0 Å². The number of anilines is 1. The molecule has 3 N–H and O–H groups in total. The Morgan fingerprint density at radius 1 is 1.16 bits per heavy atom. The summed E-state index contributed by atoms with van der Waals surface area (Å²) < 4.78 is 0. The minimum atomic E-state index is -0.752. The predicted octanol–water partition coefficient (Wildman–Crippen LogP) is 0.269. The summed E-state index contributed by atoms with van der Waals surface area (Å²) in [6.45, 7) is 0.580. The average Bonchev–Trinajstić information content (AvgIpc) is 2.77. The lowest BCUT2D eigenvalue weighted by Crippen LogP contribution is -2.23. The summed E-state index contributed by atoms with van der Waals surface area (Å²) in [4.78, 5) is 6.28. The van der Waals surface area contributed by atoms with E-state index < -0.39 is 12.2 Å². The van der Waals surface area contributed by atoms with Crippen molar-refractivity contribution >= 4 is 16.6 Å². The van der Waals surface area contributed by atoms with Gasteiger partial charge in [0, 0.05) is 18.5 Å². The van der Waals surface area contributed by atoms with Crippen molar-refractivity contribution in [3.63, 3.8) is 0 Å². The van der Waals surface area contributed by atoms with E-state index in [4.69, 9.17) is 0 Å². The van der Waals surface area contributed by atoms with Gasteiger partial charge in [-0.3, -0.25) is 0 Å². The molecule has 2 unspecified atom stereocenters. The Balaban J connectivity index is 2.11. The topological polar surface area (TPSA) is 76.8 Å². The molecule has 1 aliphatic rings. The van der Waals surface area contributed by atoms with Gasteiger partial charge < -0.3 is 20.2 Å². The normalized spacial score (nSPS) is 23.2. The van der Waals surface area contributed by atoms with E-state index in [2.05, 4.69) is 4.98 Å². The lowest BCUT2D eigenvalue weighted by molar-refractivity contribution is 0.0572.